The summed E-state index contributed by atoms with van der Waals surface area (Å²) < 4.78 is 40.3. The quantitative estimate of drug-likeness (QED) is 0.817. The van der Waals surface area contributed by atoms with E-state index < -0.39 is 29.7 Å². The van der Waals surface area contributed by atoms with Crippen molar-refractivity contribution >= 4 is 23.2 Å². The summed E-state index contributed by atoms with van der Waals surface area (Å²) in [5, 5.41) is 9.58. The molecule has 0 aliphatic heterocycles. The molecule has 5 nitrogen and oxygen atoms in total. The fraction of sp³-hybridized carbons (Fsp3) is 0.421. The van der Waals surface area contributed by atoms with Crippen LogP contribution in [0.4, 0.5) is 13.2 Å². The molecule has 1 heterocycles. The van der Waals surface area contributed by atoms with Crippen LogP contribution in [0.25, 0.3) is 0 Å². The van der Waals surface area contributed by atoms with Crippen LogP contribution in [-0.4, -0.2) is 21.6 Å². The molecular weight excluding hydrogens is 393 g/mol. The number of fused-ring (bicyclic) bond motifs is 1. The number of carbonyl (C=O) groups is 2. The smallest absolute Gasteiger partial charge is 0.416 e. The number of aliphatic carboxylic acids is 1. The molecule has 1 unspecified atom stereocenters. The maximum atomic E-state index is 12.9. The summed E-state index contributed by atoms with van der Waals surface area (Å²) in [5.74, 6) is -1.85. The summed E-state index contributed by atoms with van der Waals surface area (Å²) in [6.07, 6.45) is -0.885. The monoisotopic (exact) mass is 412 g/mol. The van der Waals surface area contributed by atoms with Gasteiger partial charge in [-0.15, -0.1) is 11.3 Å². The van der Waals surface area contributed by atoms with Gasteiger partial charge in [0.15, 0.2) is 4.80 Å². The first kappa shape index (κ1) is 20.3. The van der Waals surface area contributed by atoms with E-state index in [9.17, 15) is 27.9 Å². The molecule has 3 rings (SSSR count). The van der Waals surface area contributed by atoms with Gasteiger partial charge in [-0.3, -0.25) is 4.79 Å². The van der Waals surface area contributed by atoms with E-state index in [2.05, 4.69) is 4.99 Å². The number of aryl methyl sites for hydroxylation is 1. The highest BCUT2D eigenvalue weighted by molar-refractivity contribution is 7.09. The number of carboxylic acids is 1. The van der Waals surface area contributed by atoms with Gasteiger partial charge in [0, 0.05) is 16.1 Å². The lowest BCUT2D eigenvalue weighted by molar-refractivity contribution is -0.141. The van der Waals surface area contributed by atoms with Crippen molar-refractivity contribution in [3.8, 4) is 0 Å². The van der Waals surface area contributed by atoms with Crippen molar-refractivity contribution in [3.63, 3.8) is 0 Å². The lowest BCUT2D eigenvalue weighted by Crippen LogP contribution is -2.29. The van der Waals surface area contributed by atoms with E-state index in [1.54, 1.807) is 11.5 Å². The van der Waals surface area contributed by atoms with Crippen molar-refractivity contribution in [1.29, 1.82) is 0 Å². The van der Waals surface area contributed by atoms with Gasteiger partial charge in [-0.2, -0.15) is 18.2 Å². The SMILES string of the molecule is CCC(C(=O)O)n1c2c(sc1=NC(=O)c1cccc(C(F)(F)F)c1)CCCC2. The van der Waals surface area contributed by atoms with Gasteiger partial charge in [0.1, 0.15) is 6.04 Å². The van der Waals surface area contributed by atoms with Crippen LogP contribution in [0.1, 0.15) is 58.7 Å². The summed E-state index contributed by atoms with van der Waals surface area (Å²) in [6, 6.07) is 3.21. The molecule has 2 aromatic rings. The van der Waals surface area contributed by atoms with Crippen molar-refractivity contribution in [2.75, 3.05) is 0 Å². The Morgan fingerprint density at radius 1 is 1.29 bits per heavy atom. The minimum atomic E-state index is -4.56. The molecule has 1 N–H and O–H groups in total. The second-order valence-electron chi connectivity index (χ2n) is 6.59. The third-order valence-corrected chi connectivity index (χ3v) is 5.87. The topological polar surface area (TPSA) is 71.7 Å². The Bertz CT molecular complexity index is 976. The van der Waals surface area contributed by atoms with Crippen LogP contribution in [-0.2, 0) is 23.8 Å². The zero-order valence-electron chi connectivity index (χ0n) is 15.1. The molecule has 0 saturated carbocycles. The van der Waals surface area contributed by atoms with Gasteiger partial charge in [-0.05, 0) is 50.3 Å². The number of aromatic nitrogens is 1. The largest absolute Gasteiger partial charge is 0.480 e. The van der Waals surface area contributed by atoms with E-state index in [1.807, 2.05) is 0 Å². The third-order valence-electron chi connectivity index (χ3n) is 4.72. The fourth-order valence-electron chi connectivity index (χ4n) is 3.35. The number of carboxylic acid groups (broad SMARTS) is 1. The molecule has 1 atom stereocenters. The van der Waals surface area contributed by atoms with E-state index in [0.717, 1.165) is 48.0 Å². The number of thiazole rings is 1. The number of rotatable bonds is 4. The second kappa shape index (κ2) is 7.90. The second-order valence-corrected chi connectivity index (χ2v) is 7.65. The zero-order chi connectivity index (χ0) is 20.5. The van der Waals surface area contributed by atoms with Gasteiger partial charge in [-0.1, -0.05) is 13.0 Å². The zero-order valence-corrected chi connectivity index (χ0v) is 15.9. The van der Waals surface area contributed by atoms with Gasteiger partial charge in [0.25, 0.3) is 5.91 Å². The van der Waals surface area contributed by atoms with Crippen molar-refractivity contribution in [2.45, 2.75) is 51.2 Å². The van der Waals surface area contributed by atoms with Crippen LogP contribution < -0.4 is 4.80 Å². The summed E-state index contributed by atoms with van der Waals surface area (Å²) in [7, 11) is 0. The third kappa shape index (κ3) is 4.04. The normalized spacial score (nSPS) is 15.9. The number of carbonyl (C=O) groups excluding carboxylic acids is 1. The van der Waals surface area contributed by atoms with Crippen LogP contribution in [0.2, 0.25) is 0 Å². The van der Waals surface area contributed by atoms with Gasteiger partial charge < -0.3 is 9.67 Å². The Balaban J connectivity index is 2.10. The average molecular weight is 412 g/mol. The Hall–Kier alpha value is -2.42. The maximum absolute atomic E-state index is 12.9. The highest BCUT2D eigenvalue weighted by Gasteiger charge is 2.31. The van der Waals surface area contributed by atoms with E-state index in [0.29, 0.717) is 12.8 Å². The number of nitrogens with zero attached hydrogens (tertiary/aromatic N) is 2. The molecule has 0 bridgehead atoms. The standard InChI is InChI=1S/C19H19F3N2O3S/c1-2-13(17(26)27)24-14-8-3-4-9-15(14)28-18(24)23-16(25)11-6-5-7-12(10-11)19(20,21)22/h5-7,10,13H,2-4,8-9H2,1H3,(H,26,27). The molecule has 9 heteroatoms. The van der Waals surface area contributed by atoms with E-state index in [4.69, 9.17) is 0 Å². The minimum absolute atomic E-state index is 0.184. The van der Waals surface area contributed by atoms with Gasteiger partial charge >= 0.3 is 12.1 Å². The summed E-state index contributed by atoms with van der Waals surface area (Å²) in [6.45, 7) is 1.73. The van der Waals surface area contributed by atoms with Crippen LogP contribution in [0, 0.1) is 0 Å². The molecule has 150 valence electrons. The maximum Gasteiger partial charge on any atom is 0.416 e. The Morgan fingerprint density at radius 2 is 2.00 bits per heavy atom. The van der Waals surface area contributed by atoms with Crippen LogP contribution in [0.5, 0.6) is 0 Å². The predicted octanol–water partition coefficient (Wildman–Crippen LogP) is 4.22. The predicted molar refractivity (Wildman–Crippen MR) is 97.3 cm³/mol. The highest BCUT2D eigenvalue weighted by atomic mass is 32.1. The van der Waals surface area contributed by atoms with Crippen molar-refractivity contribution in [1.82, 2.24) is 4.57 Å². The van der Waals surface area contributed by atoms with Gasteiger partial charge in [0.05, 0.1) is 5.56 Å². The molecule has 1 aromatic carbocycles. The number of alkyl halides is 3. The van der Waals surface area contributed by atoms with Crippen molar-refractivity contribution < 1.29 is 27.9 Å². The lowest BCUT2D eigenvalue weighted by atomic mass is 10.0. The minimum Gasteiger partial charge on any atom is -0.480 e. The molecule has 28 heavy (non-hydrogen) atoms. The first-order valence-electron chi connectivity index (χ1n) is 8.94. The van der Waals surface area contributed by atoms with Crippen LogP contribution in [0.15, 0.2) is 29.3 Å². The Morgan fingerprint density at radius 3 is 2.64 bits per heavy atom. The molecule has 1 aromatic heterocycles. The van der Waals surface area contributed by atoms with Crippen molar-refractivity contribution in [3.05, 3.63) is 50.8 Å². The molecule has 0 radical (unpaired) electrons. The summed E-state index contributed by atoms with van der Waals surface area (Å²) >= 11 is 1.25. The summed E-state index contributed by atoms with van der Waals surface area (Å²) in [5.41, 5.74) is -0.249. The lowest BCUT2D eigenvalue weighted by Gasteiger charge is -2.19. The number of hydrogen-bond donors (Lipinski definition) is 1. The number of benzene rings is 1. The van der Waals surface area contributed by atoms with Gasteiger partial charge in [0.2, 0.25) is 0 Å². The Labute approximate surface area is 163 Å². The molecular formula is C19H19F3N2O3S. The van der Waals surface area contributed by atoms with E-state index in [1.165, 1.54) is 17.4 Å². The molecule has 0 spiro atoms. The molecule has 1 aliphatic rings. The molecule has 1 aliphatic carbocycles. The van der Waals surface area contributed by atoms with E-state index >= 15 is 0 Å². The summed E-state index contributed by atoms with van der Waals surface area (Å²) in [4.78, 5) is 29.5. The van der Waals surface area contributed by atoms with Crippen molar-refractivity contribution in [2.24, 2.45) is 4.99 Å². The van der Waals surface area contributed by atoms with Gasteiger partial charge in [-0.25, -0.2) is 4.79 Å². The molecule has 1 amide bonds. The van der Waals surface area contributed by atoms with Crippen LogP contribution >= 0.6 is 11.3 Å². The number of halogens is 3. The first-order chi connectivity index (χ1) is 13.2. The van der Waals surface area contributed by atoms with E-state index in [-0.39, 0.29) is 10.4 Å². The number of hydrogen-bond acceptors (Lipinski definition) is 3. The average Bonchev–Trinajstić information content (AvgIpc) is 2.99. The number of amides is 1. The van der Waals surface area contributed by atoms with Crippen LogP contribution in [0.3, 0.4) is 0 Å². The highest BCUT2D eigenvalue weighted by Crippen LogP contribution is 2.30. The molecule has 0 fully saturated rings. The molecule has 0 saturated heterocycles. The Kier molecular flexibility index (Phi) is 5.74. The fourth-order valence-corrected chi connectivity index (χ4v) is 4.60. The first-order valence-corrected chi connectivity index (χ1v) is 9.76.